The van der Waals surface area contributed by atoms with E-state index in [1.807, 2.05) is 5.51 Å². The highest BCUT2D eigenvalue weighted by atomic mass is 79.9. The third-order valence-electron chi connectivity index (χ3n) is 3.03. The van der Waals surface area contributed by atoms with Crippen molar-refractivity contribution in [2.45, 2.75) is 32.2 Å². The summed E-state index contributed by atoms with van der Waals surface area (Å²) < 4.78 is 1.14. The van der Waals surface area contributed by atoms with Gasteiger partial charge in [-0.15, -0.1) is 11.3 Å². The maximum absolute atomic E-state index is 4.41. The molecule has 0 saturated carbocycles. The zero-order valence-electron chi connectivity index (χ0n) is 11.3. The summed E-state index contributed by atoms with van der Waals surface area (Å²) in [6, 6.07) is 9.08. The van der Waals surface area contributed by atoms with Crippen LogP contribution in [0.4, 0.5) is 0 Å². The zero-order valence-corrected chi connectivity index (χ0v) is 13.7. The van der Waals surface area contributed by atoms with Crippen LogP contribution in [0.1, 0.15) is 31.0 Å². The molecule has 1 heterocycles. The highest BCUT2D eigenvalue weighted by molar-refractivity contribution is 9.10. The molecule has 0 aliphatic carbocycles. The van der Waals surface area contributed by atoms with E-state index in [-0.39, 0.29) is 0 Å². The molecule has 102 valence electrons. The molecule has 0 aliphatic heterocycles. The first-order chi connectivity index (χ1) is 9.15. The molecule has 1 aromatic carbocycles. The van der Waals surface area contributed by atoms with Crippen molar-refractivity contribution in [3.8, 4) is 0 Å². The van der Waals surface area contributed by atoms with Gasteiger partial charge in [-0.2, -0.15) is 0 Å². The van der Waals surface area contributed by atoms with Crippen LogP contribution in [0.5, 0.6) is 0 Å². The van der Waals surface area contributed by atoms with E-state index in [2.05, 4.69) is 69.7 Å². The molecule has 1 aromatic heterocycles. The van der Waals surface area contributed by atoms with Crippen molar-refractivity contribution < 1.29 is 0 Å². The minimum Gasteiger partial charge on any atom is -0.314 e. The summed E-state index contributed by atoms with van der Waals surface area (Å²) >= 11 is 5.22. The van der Waals surface area contributed by atoms with E-state index in [4.69, 9.17) is 0 Å². The van der Waals surface area contributed by atoms with Crippen LogP contribution in [0, 0.1) is 0 Å². The van der Waals surface area contributed by atoms with Gasteiger partial charge in [-0.1, -0.05) is 41.9 Å². The van der Waals surface area contributed by atoms with Crippen LogP contribution in [0.25, 0.3) is 0 Å². The second kappa shape index (κ2) is 7.17. The molecule has 0 spiro atoms. The van der Waals surface area contributed by atoms with Gasteiger partial charge in [0.05, 0.1) is 11.2 Å². The van der Waals surface area contributed by atoms with Gasteiger partial charge in [-0.25, -0.2) is 4.98 Å². The Morgan fingerprint density at radius 3 is 2.84 bits per heavy atom. The molecule has 4 heteroatoms. The maximum atomic E-state index is 4.41. The summed E-state index contributed by atoms with van der Waals surface area (Å²) in [5.41, 5.74) is 4.44. The number of rotatable bonds is 6. The van der Waals surface area contributed by atoms with Crippen LogP contribution < -0.4 is 5.32 Å². The predicted octanol–water partition coefficient (Wildman–Crippen LogP) is 4.23. The quantitative estimate of drug-likeness (QED) is 0.852. The lowest BCUT2D eigenvalue weighted by atomic mass is 9.94. The van der Waals surface area contributed by atoms with Crippen molar-refractivity contribution in [1.82, 2.24) is 10.3 Å². The van der Waals surface area contributed by atoms with E-state index in [0.29, 0.717) is 12.0 Å². The second-order valence-corrected chi connectivity index (χ2v) is 6.63. The maximum Gasteiger partial charge on any atom is 0.0794 e. The van der Waals surface area contributed by atoms with E-state index < -0.39 is 0 Å². The summed E-state index contributed by atoms with van der Waals surface area (Å²) in [6.45, 7) is 5.34. The minimum atomic E-state index is 0.460. The van der Waals surface area contributed by atoms with Crippen LogP contribution in [0.15, 0.2) is 39.6 Å². The molecule has 1 N–H and O–H groups in total. The fourth-order valence-corrected chi connectivity index (χ4v) is 3.03. The van der Waals surface area contributed by atoms with Crippen LogP contribution in [0.3, 0.4) is 0 Å². The van der Waals surface area contributed by atoms with E-state index in [0.717, 1.165) is 17.4 Å². The van der Waals surface area contributed by atoms with E-state index in [1.54, 1.807) is 11.3 Å². The highest BCUT2D eigenvalue weighted by Crippen LogP contribution is 2.23. The summed E-state index contributed by atoms with van der Waals surface area (Å²) in [6.07, 6.45) is 0.986. The number of nitrogens with one attached hydrogen (secondary N) is 1. The Morgan fingerprint density at radius 2 is 2.21 bits per heavy atom. The Labute approximate surface area is 127 Å². The predicted molar refractivity (Wildman–Crippen MR) is 85.8 cm³/mol. The fourth-order valence-electron chi connectivity index (χ4n) is 2.04. The van der Waals surface area contributed by atoms with Crippen LogP contribution in [-0.2, 0) is 6.42 Å². The van der Waals surface area contributed by atoms with Crippen molar-refractivity contribution in [3.05, 3.63) is 50.9 Å². The van der Waals surface area contributed by atoms with E-state index >= 15 is 0 Å². The number of nitrogens with zero attached hydrogens (tertiary/aromatic N) is 1. The Hall–Kier alpha value is -0.710. The summed E-state index contributed by atoms with van der Waals surface area (Å²) in [7, 11) is 0. The Bertz CT molecular complexity index is 497. The Kier molecular flexibility index (Phi) is 5.55. The van der Waals surface area contributed by atoms with Gasteiger partial charge in [-0.3, -0.25) is 0 Å². The summed E-state index contributed by atoms with van der Waals surface area (Å²) in [4.78, 5) is 4.41. The average Bonchev–Trinajstić information content (AvgIpc) is 2.87. The lowest BCUT2D eigenvalue weighted by Crippen LogP contribution is -2.29. The van der Waals surface area contributed by atoms with E-state index in [1.165, 1.54) is 11.3 Å². The average molecular weight is 339 g/mol. The van der Waals surface area contributed by atoms with Gasteiger partial charge in [-0.05, 0) is 24.1 Å². The third-order valence-corrected chi connectivity index (χ3v) is 4.16. The SMILES string of the molecule is CC(C)NCC(Cc1cscn1)c1cccc(Br)c1. The molecule has 1 atom stereocenters. The third kappa shape index (κ3) is 4.71. The standard InChI is InChI=1S/C15H19BrN2S/c1-11(2)17-8-13(7-15-9-19-10-18-15)12-4-3-5-14(16)6-12/h3-6,9-11,13,17H,7-8H2,1-2H3. The van der Waals surface area contributed by atoms with Gasteiger partial charge < -0.3 is 5.32 Å². The number of thiazole rings is 1. The molecular weight excluding hydrogens is 320 g/mol. The molecule has 0 bridgehead atoms. The molecular formula is C15H19BrN2S. The number of benzene rings is 1. The van der Waals surface area contributed by atoms with Crippen molar-refractivity contribution >= 4 is 27.3 Å². The molecule has 0 fully saturated rings. The van der Waals surface area contributed by atoms with Gasteiger partial charge in [0.25, 0.3) is 0 Å². The number of aromatic nitrogens is 1. The van der Waals surface area contributed by atoms with Crippen LogP contribution in [0.2, 0.25) is 0 Å². The number of halogens is 1. The van der Waals surface area contributed by atoms with Crippen molar-refractivity contribution in [1.29, 1.82) is 0 Å². The summed E-state index contributed by atoms with van der Waals surface area (Å²) in [5, 5.41) is 5.68. The second-order valence-electron chi connectivity index (χ2n) is 5.00. The first-order valence-corrected chi connectivity index (χ1v) is 8.24. The van der Waals surface area contributed by atoms with Gasteiger partial charge in [0, 0.05) is 28.4 Å². The molecule has 0 amide bonds. The molecule has 1 unspecified atom stereocenters. The normalized spacial score (nSPS) is 12.8. The van der Waals surface area contributed by atoms with Crippen molar-refractivity contribution in [3.63, 3.8) is 0 Å². The van der Waals surface area contributed by atoms with Gasteiger partial charge in [0.2, 0.25) is 0 Å². The first-order valence-electron chi connectivity index (χ1n) is 6.51. The number of hydrogen-bond donors (Lipinski definition) is 1. The number of hydrogen-bond acceptors (Lipinski definition) is 3. The van der Waals surface area contributed by atoms with Crippen LogP contribution >= 0.6 is 27.3 Å². The van der Waals surface area contributed by atoms with Crippen molar-refractivity contribution in [2.24, 2.45) is 0 Å². The molecule has 0 aliphatic rings. The molecule has 2 aromatic rings. The molecule has 2 rings (SSSR count). The lowest BCUT2D eigenvalue weighted by molar-refractivity contribution is 0.524. The van der Waals surface area contributed by atoms with Crippen LogP contribution in [-0.4, -0.2) is 17.6 Å². The lowest BCUT2D eigenvalue weighted by Gasteiger charge is -2.19. The monoisotopic (exact) mass is 338 g/mol. The van der Waals surface area contributed by atoms with Gasteiger partial charge in [0.1, 0.15) is 0 Å². The Balaban J connectivity index is 2.13. The molecule has 19 heavy (non-hydrogen) atoms. The Morgan fingerprint density at radius 1 is 1.37 bits per heavy atom. The van der Waals surface area contributed by atoms with Gasteiger partial charge in [0.15, 0.2) is 0 Å². The van der Waals surface area contributed by atoms with E-state index in [9.17, 15) is 0 Å². The minimum absolute atomic E-state index is 0.460. The molecule has 0 saturated heterocycles. The fraction of sp³-hybridized carbons (Fsp3) is 0.400. The zero-order chi connectivity index (χ0) is 13.7. The molecule has 2 nitrogen and oxygen atoms in total. The topological polar surface area (TPSA) is 24.9 Å². The molecule has 0 radical (unpaired) electrons. The van der Waals surface area contributed by atoms with Crippen molar-refractivity contribution in [2.75, 3.05) is 6.54 Å². The summed E-state index contributed by atoms with van der Waals surface area (Å²) in [5.74, 6) is 0.460. The first kappa shape index (κ1) is 14.7. The van der Waals surface area contributed by atoms with Gasteiger partial charge >= 0.3 is 0 Å². The largest absolute Gasteiger partial charge is 0.314 e. The smallest absolute Gasteiger partial charge is 0.0794 e. The highest BCUT2D eigenvalue weighted by Gasteiger charge is 2.14.